The van der Waals surface area contributed by atoms with E-state index in [4.69, 9.17) is 9.72 Å². The highest BCUT2D eigenvalue weighted by Crippen LogP contribution is 2.51. The number of imidazole rings is 1. The van der Waals surface area contributed by atoms with E-state index in [2.05, 4.69) is 57.7 Å². The van der Waals surface area contributed by atoms with Gasteiger partial charge in [-0.3, -0.25) is 0 Å². The highest BCUT2D eigenvalue weighted by atomic mass is 16.6. The van der Waals surface area contributed by atoms with Crippen molar-refractivity contribution >= 4 is 40.1 Å². The fourth-order valence-electron chi connectivity index (χ4n) is 6.16. The molecule has 1 amide bonds. The summed E-state index contributed by atoms with van der Waals surface area (Å²) in [5, 5.41) is 3.53. The minimum Gasteiger partial charge on any atom is -0.445 e. The van der Waals surface area contributed by atoms with Crippen LogP contribution in [0.25, 0.3) is 11.0 Å². The summed E-state index contributed by atoms with van der Waals surface area (Å²) in [6.07, 6.45) is 1.54. The van der Waals surface area contributed by atoms with Crippen molar-refractivity contribution in [3.8, 4) is 0 Å². The van der Waals surface area contributed by atoms with E-state index in [1.165, 1.54) is 11.3 Å². The first-order chi connectivity index (χ1) is 19.7. The van der Waals surface area contributed by atoms with Crippen molar-refractivity contribution in [2.24, 2.45) is 0 Å². The number of amides is 1. The van der Waals surface area contributed by atoms with E-state index in [9.17, 15) is 4.79 Å². The standard InChI is InChI=1S/C33H31N5O2/c39-32(40-22-24-10-2-1-3-11-24)37-20-18-33(19-21-37)23-38(29-16-8-4-12-25(29)33)30-17-9-7-15-28(30)36-31-34-26-13-5-6-14-27(26)35-31/h1-17H,18-23H2,(H2,34,35,36). The Morgan fingerprint density at radius 2 is 1.55 bits per heavy atom. The van der Waals surface area contributed by atoms with Crippen molar-refractivity contribution in [3.63, 3.8) is 0 Å². The van der Waals surface area contributed by atoms with Gasteiger partial charge in [-0.1, -0.05) is 72.8 Å². The number of carbonyl (C=O) groups is 1. The molecule has 1 saturated heterocycles. The van der Waals surface area contributed by atoms with Crippen molar-refractivity contribution < 1.29 is 9.53 Å². The number of H-pyrrole nitrogens is 1. The molecule has 3 heterocycles. The molecule has 2 aliphatic heterocycles. The number of anilines is 4. The van der Waals surface area contributed by atoms with E-state index in [1.54, 1.807) is 0 Å². The molecule has 5 aromatic rings. The van der Waals surface area contributed by atoms with Gasteiger partial charge in [-0.25, -0.2) is 9.78 Å². The minimum atomic E-state index is -0.234. The lowest BCUT2D eigenvalue weighted by molar-refractivity contribution is 0.0791. The molecule has 2 N–H and O–H groups in total. The van der Waals surface area contributed by atoms with Gasteiger partial charge < -0.3 is 24.8 Å². The maximum absolute atomic E-state index is 12.9. The Kier molecular flexibility index (Phi) is 6.11. The van der Waals surface area contributed by atoms with Gasteiger partial charge in [0.1, 0.15) is 6.61 Å². The van der Waals surface area contributed by atoms with Gasteiger partial charge in [-0.15, -0.1) is 0 Å². The number of ether oxygens (including phenoxy) is 1. The molecule has 7 rings (SSSR count). The third-order valence-electron chi connectivity index (χ3n) is 8.25. The normalized spacial score (nSPS) is 15.8. The quantitative estimate of drug-likeness (QED) is 0.253. The lowest BCUT2D eigenvalue weighted by atomic mass is 9.74. The summed E-state index contributed by atoms with van der Waals surface area (Å²) in [5.41, 5.74) is 7.59. The van der Waals surface area contributed by atoms with Crippen LogP contribution in [0.15, 0.2) is 103 Å². The Balaban J connectivity index is 1.11. The second-order valence-corrected chi connectivity index (χ2v) is 10.7. The van der Waals surface area contributed by atoms with Crippen LogP contribution in [-0.2, 0) is 16.8 Å². The Bertz CT molecular complexity index is 1620. The zero-order valence-corrected chi connectivity index (χ0v) is 22.2. The number of likely N-dealkylation sites (tertiary alicyclic amines) is 1. The number of benzene rings is 4. The first-order valence-electron chi connectivity index (χ1n) is 13.8. The molecule has 0 bridgehead atoms. The molecule has 1 fully saturated rings. The van der Waals surface area contributed by atoms with Crippen LogP contribution in [0.4, 0.5) is 27.8 Å². The van der Waals surface area contributed by atoms with Crippen molar-refractivity contribution in [1.29, 1.82) is 0 Å². The summed E-state index contributed by atoms with van der Waals surface area (Å²) in [6.45, 7) is 2.51. The number of nitrogens with zero attached hydrogens (tertiary/aromatic N) is 3. The number of hydrogen-bond donors (Lipinski definition) is 2. The van der Waals surface area contributed by atoms with E-state index in [0.717, 1.165) is 53.3 Å². The number of carbonyl (C=O) groups excluding carboxylic acids is 1. The van der Waals surface area contributed by atoms with E-state index in [-0.39, 0.29) is 11.5 Å². The van der Waals surface area contributed by atoms with Gasteiger partial charge in [-0.05, 0) is 54.3 Å². The topological polar surface area (TPSA) is 73.5 Å². The SMILES string of the molecule is O=C(OCc1ccccc1)N1CCC2(CC1)CN(c1ccccc1Nc1nc3ccccc3[nH]1)c1ccccc12. The lowest BCUT2D eigenvalue weighted by Gasteiger charge is -2.39. The molecule has 1 spiro atoms. The third kappa shape index (κ3) is 4.43. The van der Waals surface area contributed by atoms with Gasteiger partial charge in [0.15, 0.2) is 0 Å². The summed E-state index contributed by atoms with van der Waals surface area (Å²) >= 11 is 0. The number of aromatic amines is 1. The molecule has 7 heteroatoms. The molecule has 2 aliphatic rings. The summed E-state index contributed by atoms with van der Waals surface area (Å²) in [4.78, 5) is 25.3. The molecule has 0 aliphatic carbocycles. The Morgan fingerprint density at radius 1 is 0.850 bits per heavy atom. The number of rotatable bonds is 5. The molecule has 40 heavy (non-hydrogen) atoms. The third-order valence-corrected chi connectivity index (χ3v) is 8.25. The average Bonchev–Trinajstić information content (AvgIpc) is 3.56. The molecule has 4 aromatic carbocycles. The van der Waals surface area contributed by atoms with Crippen LogP contribution in [0.2, 0.25) is 0 Å². The van der Waals surface area contributed by atoms with Crippen LogP contribution in [0.3, 0.4) is 0 Å². The lowest BCUT2D eigenvalue weighted by Crippen LogP contribution is -2.47. The molecule has 0 radical (unpaired) electrons. The number of aromatic nitrogens is 2. The fourth-order valence-corrected chi connectivity index (χ4v) is 6.16. The minimum absolute atomic E-state index is 0.0285. The average molecular weight is 530 g/mol. The smallest absolute Gasteiger partial charge is 0.410 e. The summed E-state index contributed by atoms with van der Waals surface area (Å²) in [7, 11) is 0. The molecule has 0 unspecified atom stereocenters. The Morgan fingerprint density at radius 3 is 2.38 bits per heavy atom. The number of nitrogens with one attached hydrogen (secondary N) is 2. The number of hydrogen-bond acceptors (Lipinski definition) is 5. The van der Waals surface area contributed by atoms with Gasteiger partial charge >= 0.3 is 6.09 Å². The van der Waals surface area contributed by atoms with Gasteiger partial charge in [0.2, 0.25) is 5.95 Å². The maximum Gasteiger partial charge on any atom is 0.410 e. The van der Waals surface area contributed by atoms with E-state index in [1.807, 2.05) is 65.6 Å². The number of fused-ring (bicyclic) bond motifs is 3. The van der Waals surface area contributed by atoms with Crippen LogP contribution < -0.4 is 10.2 Å². The largest absolute Gasteiger partial charge is 0.445 e. The highest BCUT2D eigenvalue weighted by molar-refractivity contribution is 5.84. The monoisotopic (exact) mass is 529 g/mol. The molecule has 7 nitrogen and oxygen atoms in total. The van der Waals surface area contributed by atoms with Crippen molar-refractivity contribution in [2.45, 2.75) is 24.9 Å². The fraction of sp³-hybridized carbons (Fsp3) is 0.212. The second kappa shape index (κ2) is 10.1. The van der Waals surface area contributed by atoms with Gasteiger partial charge in [0.05, 0.1) is 22.4 Å². The predicted octanol–water partition coefficient (Wildman–Crippen LogP) is 7.13. The van der Waals surface area contributed by atoms with Crippen LogP contribution in [0, 0.1) is 0 Å². The second-order valence-electron chi connectivity index (χ2n) is 10.7. The maximum atomic E-state index is 12.9. The summed E-state index contributed by atoms with van der Waals surface area (Å²) in [5.74, 6) is 0.721. The van der Waals surface area contributed by atoms with Crippen molar-refractivity contribution in [1.82, 2.24) is 14.9 Å². The first-order valence-corrected chi connectivity index (χ1v) is 13.8. The molecular weight excluding hydrogens is 498 g/mol. The number of piperidine rings is 1. The molecular formula is C33H31N5O2. The predicted molar refractivity (Wildman–Crippen MR) is 158 cm³/mol. The molecule has 200 valence electrons. The summed E-state index contributed by atoms with van der Waals surface area (Å²) in [6, 6.07) is 35.0. The van der Waals surface area contributed by atoms with Gasteiger partial charge in [0, 0.05) is 30.7 Å². The first kappa shape index (κ1) is 24.3. The molecule has 0 saturated carbocycles. The Labute approximate surface area is 233 Å². The van der Waals surface area contributed by atoms with Crippen LogP contribution >= 0.6 is 0 Å². The zero-order chi connectivity index (χ0) is 26.9. The highest BCUT2D eigenvalue weighted by Gasteiger charge is 2.46. The van der Waals surface area contributed by atoms with Gasteiger partial charge in [0.25, 0.3) is 0 Å². The molecule has 1 aromatic heterocycles. The molecule has 0 atom stereocenters. The Hall–Kier alpha value is -4.78. The van der Waals surface area contributed by atoms with Crippen LogP contribution in [-0.4, -0.2) is 40.6 Å². The van der Waals surface area contributed by atoms with Crippen molar-refractivity contribution in [2.75, 3.05) is 29.9 Å². The van der Waals surface area contributed by atoms with E-state index >= 15 is 0 Å². The summed E-state index contributed by atoms with van der Waals surface area (Å²) < 4.78 is 5.63. The zero-order valence-electron chi connectivity index (χ0n) is 22.2. The van der Waals surface area contributed by atoms with Crippen LogP contribution in [0.5, 0.6) is 0 Å². The number of para-hydroxylation sites is 5. The van der Waals surface area contributed by atoms with Crippen molar-refractivity contribution in [3.05, 3.63) is 114 Å². The van der Waals surface area contributed by atoms with E-state index in [0.29, 0.717) is 19.7 Å². The van der Waals surface area contributed by atoms with Gasteiger partial charge in [-0.2, -0.15) is 0 Å². The van der Waals surface area contributed by atoms with Crippen LogP contribution in [0.1, 0.15) is 24.0 Å². The van der Waals surface area contributed by atoms with E-state index < -0.39 is 0 Å².